The first-order chi connectivity index (χ1) is 11.2. The van der Waals surface area contributed by atoms with E-state index in [9.17, 15) is 26.7 Å². The Morgan fingerprint density at radius 2 is 1.58 bits per heavy atom. The molecule has 124 valence electrons. The molecule has 3 aromatic rings. The van der Waals surface area contributed by atoms with E-state index in [1.807, 2.05) is 0 Å². The van der Waals surface area contributed by atoms with Gasteiger partial charge in [0.1, 0.15) is 0 Å². The fourth-order valence-electron chi connectivity index (χ4n) is 2.36. The molecule has 0 saturated heterocycles. The third-order valence-corrected chi connectivity index (χ3v) is 3.60. The summed E-state index contributed by atoms with van der Waals surface area (Å²) in [6.45, 7) is 0. The molecule has 0 amide bonds. The highest BCUT2D eigenvalue weighted by Crippen LogP contribution is 2.28. The molecule has 0 aliphatic carbocycles. The summed E-state index contributed by atoms with van der Waals surface area (Å²) in [5.74, 6) is -2.06. The lowest BCUT2D eigenvalue weighted by atomic mass is 10.0. The summed E-state index contributed by atoms with van der Waals surface area (Å²) < 4.78 is 65.7. The van der Waals surface area contributed by atoms with Crippen molar-refractivity contribution in [2.24, 2.45) is 7.05 Å². The first kappa shape index (κ1) is 16.1. The number of benzene rings is 2. The third kappa shape index (κ3) is 2.64. The number of aryl methyl sites for hydroxylation is 1. The summed E-state index contributed by atoms with van der Waals surface area (Å²) in [5.41, 5.74) is -1.93. The van der Waals surface area contributed by atoms with E-state index < -0.39 is 29.1 Å². The van der Waals surface area contributed by atoms with E-state index in [0.29, 0.717) is 11.1 Å². The zero-order valence-corrected chi connectivity index (χ0v) is 12.2. The molecule has 0 fully saturated rings. The van der Waals surface area contributed by atoms with Gasteiger partial charge in [-0.2, -0.15) is 13.2 Å². The number of halogens is 5. The van der Waals surface area contributed by atoms with Crippen molar-refractivity contribution in [1.82, 2.24) is 9.55 Å². The maximum atomic E-state index is 13.3. The molecular formula is C16H9F5N2O. The lowest BCUT2D eigenvalue weighted by molar-refractivity contribution is -0.142. The van der Waals surface area contributed by atoms with Crippen LogP contribution in [-0.2, 0) is 13.2 Å². The molecule has 0 radical (unpaired) electrons. The Morgan fingerprint density at radius 3 is 2.21 bits per heavy atom. The van der Waals surface area contributed by atoms with Crippen molar-refractivity contribution in [3.8, 4) is 11.1 Å². The average molecular weight is 340 g/mol. The van der Waals surface area contributed by atoms with Gasteiger partial charge in [-0.3, -0.25) is 4.79 Å². The molecule has 8 heteroatoms. The number of hydrogen-bond acceptors (Lipinski definition) is 2. The van der Waals surface area contributed by atoms with Gasteiger partial charge >= 0.3 is 6.18 Å². The van der Waals surface area contributed by atoms with Crippen LogP contribution in [0, 0.1) is 11.6 Å². The minimum atomic E-state index is -4.86. The van der Waals surface area contributed by atoms with E-state index >= 15 is 0 Å². The smallest absolute Gasteiger partial charge is 0.308 e. The van der Waals surface area contributed by atoms with Crippen LogP contribution >= 0.6 is 0 Å². The Kier molecular flexibility index (Phi) is 3.62. The van der Waals surface area contributed by atoms with Crippen LogP contribution in [0.5, 0.6) is 0 Å². The third-order valence-electron chi connectivity index (χ3n) is 3.60. The molecule has 2 aromatic carbocycles. The molecule has 24 heavy (non-hydrogen) atoms. The molecule has 0 aliphatic heterocycles. The average Bonchev–Trinajstić information content (AvgIpc) is 2.52. The largest absolute Gasteiger partial charge is 0.438 e. The molecule has 0 atom stereocenters. The minimum Gasteiger partial charge on any atom is -0.308 e. The molecule has 0 aliphatic rings. The Bertz CT molecular complexity index is 1010. The summed E-state index contributed by atoms with van der Waals surface area (Å²) in [4.78, 5) is 15.2. The standard InChI is InChI=1S/C16H9F5N2O/c1-23-13-7-9(8-2-4-10(17)11(18)6-8)3-5-12(13)22-14(15(23)24)16(19,20)21/h2-7H,1H3. The summed E-state index contributed by atoms with van der Waals surface area (Å²) in [5, 5.41) is 0. The van der Waals surface area contributed by atoms with Gasteiger partial charge in [0.15, 0.2) is 11.6 Å². The quantitative estimate of drug-likeness (QED) is 0.630. The monoisotopic (exact) mass is 340 g/mol. The van der Waals surface area contributed by atoms with Crippen molar-refractivity contribution >= 4 is 11.0 Å². The van der Waals surface area contributed by atoms with Crippen LogP contribution in [0.25, 0.3) is 22.2 Å². The second-order valence-corrected chi connectivity index (χ2v) is 5.15. The highest BCUT2D eigenvalue weighted by Gasteiger charge is 2.37. The number of hydrogen-bond donors (Lipinski definition) is 0. The maximum Gasteiger partial charge on any atom is 0.438 e. The van der Waals surface area contributed by atoms with Gasteiger partial charge in [0.05, 0.1) is 11.0 Å². The zero-order valence-electron chi connectivity index (χ0n) is 12.2. The molecule has 0 bridgehead atoms. The van der Waals surface area contributed by atoms with Crippen LogP contribution in [-0.4, -0.2) is 9.55 Å². The summed E-state index contributed by atoms with van der Waals surface area (Å²) >= 11 is 0. The number of nitrogens with zero attached hydrogens (tertiary/aromatic N) is 2. The molecule has 0 spiro atoms. The van der Waals surface area contributed by atoms with Gasteiger partial charge in [0, 0.05) is 7.05 Å². The molecule has 1 aromatic heterocycles. The Labute approximate surface area is 132 Å². The number of rotatable bonds is 1. The van der Waals surface area contributed by atoms with Crippen LogP contribution in [0.4, 0.5) is 22.0 Å². The van der Waals surface area contributed by atoms with E-state index in [-0.39, 0.29) is 11.0 Å². The van der Waals surface area contributed by atoms with Crippen LogP contribution in [0.15, 0.2) is 41.2 Å². The van der Waals surface area contributed by atoms with Crippen molar-refractivity contribution < 1.29 is 22.0 Å². The molecule has 0 saturated carbocycles. The number of aromatic nitrogens is 2. The van der Waals surface area contributed by atoms with E-state index in [4.69, 9.17) is 0 Å². The van der Waals surface area contributed by atoms with Gasteiger partial charge in [-0.15, -0.1) is 0 Å². The maximum absolute atomic E-state index is 13.3. The zero-order chi connectivity index (χ0) is 17.6. The van der Waals surface area contributed by atoms with Crippen LogP contribution in [0.3, 0.4) is 0 Å². The van der Waals surface area contributed by atoms with E-state index in [2.05, 4.69) is 4.98 Å². The van der Waals surface area contributed by atoms with E-state index in [1.165, 1.54) is 31.3 Å². The van der Waals surface area contributed by atoms with E-state index in [0.717, 1.165) is 16.7 Å². The Morgan fingerprint density at radius 1 is 0.958 bits per heavy atom. The van der Waals surface area contributed by atoms with Crippen LogP contribution < -0.4 is 5.56 Å². The van der Waals surface area contributed by atoms with Crippen molar-refractivity contribution in [1.29, 1.82) is 0 Å². The van der Waals surface area contributed by atoms with Crippen molar-refractivity contribution in [3.63, 3.8) is 0 Å². The predicted octanol–water partition coefficient (Wildman–Crippen LogP) is 3.90. The molecule has 3 rings (SSSR count). The molecule has 0 unspecified atom stereocenters. The summed E-state index contributed by atoms with van der Waals surface area (Å²) in [6.07, 6.45) is -4.86. The van der Waals surface area contributed by atoms with Crippen LogP contribution in [0.1, 0.15) is 5.69 Å². The van der Waals surface area contributed by atoms with Gasteiger partial charge in [-0.25, -0.2) is 13.8 Å². The highest BCUT2D eigenvalue weighted by atomic mass is 19.4. The van der Waals surface area contributed by atoms with Gasteiger partial charge in [0.25, 0.3) is 5.56 Å². The fraction of sp³-hybridized carbons (Fsp3) is 0.125. The normalized spacial score (nSPS) is 11.9. The lowest BCUT2D eigenvalue weighted by Crippen LogP contribution is -2.29. The topological polar surface area (TPSA) is 34.9 Å². The number of alkyl halides is 3. The highest BCUT2D eigenvalue weighted by molar-refractivity contribution is 5.81. The van der Waals surface area contributed by atoms with Gasteiger partial charge < -0.3 is 4.57 Å². The van der Waals surface area contributed by atoms with Gasteiger partial charge in [0.2, 0.25) is 5.69 Å². The lowest BCUT2D eigenvalue weighted by Gasteiger charge is -2.11. The number of fused-ring (bicyclic) bond motifs is 1. The van der Waals surface area contributed by atoms with Crippen molar-refractivity contribution in [2.75, 3.05) is 0 Å². The van der Waals surface area contributed by atoms with E-state index in [1.54, 1.807) is 0 Å². The summed E-state index contributed by atoms with van der Waals surface area (Å²) in [6, 6.07) is 7.35. The van der Waals surface area contributed by atoms with Gasteiger partial charge in [-0.05, 0) is 35.4 Å². The first-order valence-corrected chi connectivity index (χ1v) is 6.72. The second-order valence-electron chi connectivity index (χ2n) is 5.15. The Balaban J connectivity index is 2.24. The fourth-order valence-corrected chi connectivity index (χ4v) is 2.36. The predicted molar refractivity (Wildman–Crippen MR) is 77.3 cm³/mol. The SMILES string of the molecule is Cn1c(=O)c(C(F)(F)F)nc2ccc(-c3ccc(F)c(F)c3)cc21. The Hall–Kier alpha value is -2.77. The minimum absolute atomic E-state index is 0.0317. The molecule has 3 nitrogen and oxygen atoms in total. The molecular weight excluding hydrogens is 331 g/mol. The summed E-state index contributed by atoms with van der Waals surface area (Å²) in [7, 11) is 1.19. The van der Waals surface area contributed by atoms with Gasteiger partial charge in [-0.1, -0.05) is 12.1 Å². The molecule has 0 N–H and O–H groups in total. The van der Waals surface area contributed by atoms with Crippen LogP contribution in [0.2, 0.25) is 0 Å². The van der Waals surface area contributed by atoms with Crippen molar-refractivity contribution in [3.05, 3.63) is 64.1 Å². The second kappa shape index (κ2) is 5.40. The molecule has 1 heterocycles. The van der Waals surface area contributed by atoms with Crippen molar-refractivity contribution in [2.45, 2.75) is 6.18 Å². The first-order valence-electron chi connectivity index (χ1n) is 6.72.